The van der Waals surface area contributed by atoms with Crippen molar-refractivity contribution in [3.63, 3.8) is 0 Å². The molecule has 0 unspecified atom stereocenters. The van der Waals surface area contributed by atoms with Crippen LogP contribution in [0.1, 0.15) is 59.8 Å². The van der Waals surface area contributed by atoms with E-state index in [1.807, 2.05) is 20.0 Å². The summed E-state index contributed by atoms with van der Waals surface area (Å²) in [6, 6.07) is 8.66. The summed E-state index contributed by atoms with van der Waals surface area (Å²) in [5, 5.41) is 3.20. The van der Waals surface area contributed by atoms with E-state index in [4.69, 9.17) is 9.47 Å². The molecule has 1 N–H and O–H groups in total. The minimum absolute atomic E-state index is 0.165. The lowest BCUT2D eigenvalue weighted by molar-refractivity contribution is 0.0718. The average molecular weight is 461 g/mol. The van der Waals surface area contributed by atoms with Crippen molar-refractivity contribution in [1.82, 2.24) is 4.90 Å². The van der Waals surface area contributed by atoms with Crippen molar-refractivity contribution in [1.29, 1.82) is 0 Å². The third-order valence-electron chi connectivity index (χ3n) is 5.74. The molecule has 3 rings (SSSR count). The topological polar surface area (TPSA) is 84.9 Å². The molecule has 1 amide bonds. The maximum absolute atomic E-state index is 13.5. The van der Waals surface area contributed by atoms with Crippen molar-refractivity contribution < 1.29 is 22.7 Å². The van der Waals surface area contributed by atoms with Gasteiger partial charge in [-0.15, -0.1) is 0 Å². The molecule has 174 valence electrons. The number of benzene rings is 2. The number of ether oxygens (including phenoxy) is 2. The molecule has 2 aromatic rings. The van der Waals surface area contributed by atoms with Gasteiger partial charge in [0.1, 0.15) is 9.84 Å². The van der Waals surface area contributed by atoms with Crippen molar-refractivity contribution in [2.45, 2.75) is 39.3 Å². The fourth-order valence-electron chi connectivity index (χ4n) is 4.08. The molecule has 0 aliphatic carbocycles. The Morgan fingerprint density at radius 1 is 1.12 bits per heavy atom. The second-order valence-electron chi connectivity index (χ2n) is 8.38. The van der Waals surface area contributed by atoms with Gasteiger partial charge in [-0.3, -0.25) is 4.79 Å². The van der Waals surface area contributed by atoms with Crippen molar-refractivity contribution in [2.75, 3.05) is 38.1 Å². The molecule has 0 saturated heterocycles. The van der Waals surface area contributed by atoms with Crippen LogP contribution in [0.25, 0.3) is 0 Å². The fourth-order valence-corrected chi connectivity index (χ4v) is 5.03. The molecule has 0 spiro atoms. The van der Waals surface area contributed by atoms with Crippen molar-refractivity contribution >= 4 is 21.4 Å². The molecule has 0 saturated carbocycles. The number of nitrogens with one attached hydrogen (secondary N) is 1. The molecule has 1 aliphatic rings. The van der Waals surface area contributed by atoms with E-state index in [1.165, 1.54) is 6.26 Å². The standard InChI is InChI=1S/C24H32N2O5S/c1-7-31-23-12-16(8-9-22(23)30-5)21(14-32(6,28)29)26-13-19-18(24(26)27)10-17(15(2)3)11-20(19)25-4/h8-12,15,21,25H,7,13-14H2,1-6H3/t21-/m1/s1. The number of amides is 1. The largest absolute Gasteiger partial charge is 0.493 e. The number of carbonyl (C=O) groups is 1. The molecule has 0 radical (unpaired) electrons. The van der Waals surface area contributed by atoms with Crippen LogP contribution in [0.15, 0.2) is 30.3 Å². The molecule has 8 heteroatoms. The first-order valence-corrected chi connectivity index (χ1v) is 12.8. The molecule has 2 aromatic carbocycles. The smallest absolute Gasteiger partial charge is 0.255 e. The highest BCUT2D eigenvalue weighted by Gasteiger charge is 2.37. The number of nitrogens with zero attached hydrogens (tertiary/aromatic N) is 1. The number of hydrogen-bond acceptors (Lipinski definition) is 6. The molecule has 7 nitrogen and oxygen atoms in total. The highest BCUT2D eigenvalue weighted by atomic mass is 32.2. The van der Waals surface area contributed by atoms with Gasteiger partial charge in [0.05, 0.1) is 25.5 Å². The number of anilines is 1. The minimum atomic E-state index is -3.38. The van der Waals surface area contributed by atoms with Crippen LogP contribution in [-0.2, 0) is 16.4 Å². The van der Waals surface area contributed by atoms with Gasteiger partial charge < -0.3 is 19.7 Å². The zero-order valence-electron chi connectivity index (χ0n) is 19.6. The predicted octanol–water partition coefficient (Wildman–Crippen LogP) is 4.00. The molecular formula is C24H32N2O5S. The van der Waals surface area contributed by atoms with E-state index in [1.54, 1.807) is 30.2 Å². The van der Waals surface area contributed by atoms with Gasteiger partial charge in [0.15, 0.2) is 11.5 Å². The quantitative estimate of drug-likeness (QED) is 0.609. The highest BCUT2D eigenvalue weighted by Crippen LogP contribution is 2.39. The van der Waals surface area contributed by atoms with Gasteiger partial charge in [0, 0.05) is 36.7 Å². The Hall–Kier alpha value is -2.74. The van der Waals surface area contributed by atoms with E-state index in [2.05, 4.69) is 25.2 Å². The fraction of sp³-hybridized carbons (Fsp3) is 0.458. The van der Waals surface area contributed by atoms with Crippen LogP contribution in [0.5, 0.6) is 11.5 Å². The second kappa shape index (κ2) is 9.40. The molecule has 0 fully saturated rings. The third kappa shape index (κ3) is 4.85. The molecular weight excluding hydrogens is 428 g/mol. The lowest BCUT2D eigenvalue weighted by Crippen LogP contribution is -2.33. The summed E-state index contributed by atoms with van der Waals surface area (Å²) in [4.78, 5) is 15.2. The Morgan fingerprint density at radius 3 is 2.41 bits per heavy atom. The number of sulfone groups is 1. The minimum Gasteiger partial charge on any atom is -0.493 e. The summed E-state index contributed by atoms with van der Waals surface area (Å²) < 4.78 is 35.7. The van der Waals surface area contributed by atoms with Gasteiger partial charge in [-0.2, -0.15) is 0 Å². The van der Waals surface area contributed by atoms with Gasteiger partial charge in [-0.1, -0.05) is 19.9 Å². The monoisotopic (exact) mass is 460 g/mol. The summed E-state index contributed by atoms with van der Waals surface area (Å²) in [6.07, 6.45) is 1.19. The zero-order valence-corrected chi connectivity index (χ0v) is 20.4. The first-order valence-electron chi connectivity index (χ1n) is 10.7. The predicted molar refractivity (Wildman–Crippen MR) is 127 cm³/mol. The lowest BCUT2D eigenvalue weighted by Gasteiger charge is -2.28. The Bertz CT molecular complexity index is 1110. The second-order valence-corrected chi connectivity index (χ2v) is 10.6. The van der Waals surface area contributed by atoms with E-state index in [-0.39, 0.29) is 17.6 Å². The first kappa shape index (κ1) is 23.9. The molecule has 1 atom stereocenters. The van der Waals surface area contributed by atoms with Gasteiger partial charge in [0.2, 0.25) is 0 Å². The van der Waals surface area contributed by atoms with Crippen LogP contribution < -0.4 is 14.8 Å². The van der Waals surface area contributed by atoms with Crippen LogP contribution in [0, 0.1) is 0 Å². The molecule has 1 heterocycles. The number of carbonyl (C=O) groups excluding carboxylic acids is 1. The SMILES string of the molecule is CCOc1cc([C@@H](CS(C)(=O)=O)N2Cc3c(NC)cc(C(C)C)cc3C2=O)ccc1OC. The van der Waals surface area contributed by atoms with Crippen LogP contribution in [-0.4, -0.2) is 52.0 Å². The van der Waals surface area contributed by atoms with E-state index < -0.39 is 15.9 Å². The average Bonchev–Trinajstić information content (AvgIpc) is 3.07. The van der Waals surface area contributed by atoms with Crippen LogP contribution in [0.2, 0.25) is 0 Å². The summed E-state index contributed by atoms with van der Waals surface area (Å²) in [6.45, 7) is 6.80. The summed E-state index contributed by atoms with van der Waals surface area (Å²) in [5.74, 6) is 0.992. The van der Waals surface area contributed by atoms with Crippen LogP contribution >= 0.6 is 0 Å². The van der Waals surface area contributed by atoms with E-state index in [0.717, 1.165) is 16.8 Å². The van der Waals surface area contributed by atoms with Crippen molar-refractivity contribution in [3.8, 4) is 11.5 Å². The van der Waals surface area contributed by atoms with E-state index in [9.17, 15) is 13.2 Å². The Kier molecular flexibility index (Phi) is 7.03. The third-order valence-corrected chi connectivity index (χ3v) is 6.66. The number of fused-ring (bicyclic) bond motifs is 1. The van der Waals surface area contributed by atoms with Crippen LogP contribution in [0.4, 0.5) is 5.69 Å². The van der Waals surface area contributed by atoms with E-state index in [0.29, 0.717) is 35.8 Å². The number of rotatable bonds is 9. The molecule has 0 bridgehead atoms. The number of methoxy groups -OCH3 is 1. The molecule has 1 aliphatic heterocycles. The zero-order chi connectivity index (χ0) is 23.6. The van der Waals surface area contributed by atoms with Gasteiger partial charge in [-0.25, -0.2) is 8.42 Å². The maximum Gasteiger partial charge on any atom is 0.255 e. The number of hydrogen-bond donors (Lipinski definition) is 1. The maximum atomic E-state index is 13.5. The van der Waals surface area contributed by atoms with Gasteiger partial charge >= 0.3 is 0 Å². The molecule has 32 heavy (non-hydrogen) atoms. The summed E-state index contributed by atoms with van der Waals surface area (Å²) >= 11 is 0. The summed E-state index contributed by atoms with van der Waals surface area (Å²) in [5.41, 5.74) is 4.16. The van der Waals surface area contributed by atoms with Gasteiger partial charge in [-0.05, 0) is 48.2 Å². The highest BCUT2D eigenvalue weighted by molar-refractivity contribution is 7.90. The summed E-state index contributed by atoms with van der Waals surface area (Å²) in [7, 11) is 0.00597. The van der Waals surface area contributed by atoms with Crippen LogP contribution in [0.3, 0.4) is 0 Å². The van der Waals surface area contributed by atoms with Crippen molar-refractivity contribution in [3.05, 3.63) is 52.6 Å². The Balaban J connectivity index is 2.09. The van der Waals surface area contributed by atoms with Crippen molar-refractivity contribution in [2.24, 2.45) is 0 Å². The Morgan fingerprint density at radius 2 is 1.84 bits per heavy atom. The Labute approximate surface area is 190 Å². The van der Waals surface area contributed by atoms with Gasteiger partial charge in [0.25, 0.3) is 5.91 Å². The lowest BCUT2D eigenvalue weighted by atomic mass is 9.97. The van der Waals surface area contributed by atoms with E-state index >= 15 is 0 Å². The normalized spacial score (nSPS) is 14.5. The molecule has 0 aromatic heterocycles. The first-order chi connectivity index (χ1) is 15.1.